The van der Waals surface area contributed by atoms with E-state index in [0.717, 1.165) is 44.9 Å². The predicted octanol–water partition coefficient (Wildman–Crippen LogP) is 5.41. The second kappa shape index (κ2) is 10.6. The average molecular weight is 287 g/mol. The van der Waals surface area contributed by atoms with E-state index in [2.05, 4.69) is 20.8 Å². The van der Waals surface area contributed by atoms with E-state index in [1.54, 1.807) is 0 Å². The molecule has 2 nitrogen and oxygen atoms in total. The number of rotatable bonds is 13. The molecule has 0 atom stereocenters. The smallest absolute Gasteiger partial charge is 0.168 e. The van der Waals surface area contributed by atoms with Crippen LogP contribution in [0.15, 0.2) is 0 Å². The second-order valence-electron chi connectivity index (χ2n) is 6.51. The highest BCUT2D eigenvalue weighted by Crippen LogP contribution is 2.46. The van der Waals surface area contributed by atoms with Gasteiger partial charge in [-0.2, -0.15) is 0 Å². The van der Waals surface area contributed by atoms with Crippen molar-refractivity contribution < 1.29 is 10.2 Å². The summed E-state index contributed by atoms with van der Waals surface area (Å²) in [7, 11) is 0. The first-order chi connectivity index (χ1) is 9.49. The van der Waals surface area contributed by atoms with E-state index in [-0.39, 0.29) is 5.41 Å². The zero-order chi connectivity index (χ0) is 15.5. The topological polar surface area (TPSA) is 40.5 Å². The lowest BCUT2D eigenvalue weighted by molar-refractivity contribution is -0.256. The van der Waals surface area contributed by atoms with E-state index in [9.17, 15) is 10.2 Å². The molecule has 0 aliphatic rings. The molecule has 0 unspecified atom stereocenters. The van der Waals surface area contributed by atoms with E-state index in [0.29, 0.717) is 6.42 Å². The van der Waals surface area contributed by atoms with Crippen LogP contribution in [0.1, 0.15) is 105 Å². The normalized spacial score (nSPS) is 12.9. The molecule has 0 aromatic carbocycles. The van der Waals surface area contributed by atoms with Crippen LogP contribution in [0.3, 0.4) is 0 Å². The van der Waals surface area contributed by atoms with Crippen molar-refractivity contribution in [2.45, 2.75) is 111 Å². The Balaban J connectivity index is 4.73. The van der Waals surface area contributed by atoms with E-state index in [1.807, 2.05) is 6.92 Å². The maximum Gasteiger partial charge on any atom is 0.168 e. The summed E-state index contributed by atoms with van der Waals surface area (Å²) in [6, 6.07) is 0. The van der Waals surface area contributed by atoms with Crippen LogP contribution in [0.2, 0.25) is 0 Å². The van der Waals surface area contributed by atoms with E-state index in [4.69, 9.17) is 0 Å². The van der Waals surface area contributed by atoms with Gasteiger partial charge in [-0.3, -0.25) is 0 Å². The summed E-state index contributed by atoms with van der Waals surface area (Å²) in [5, 5.41) is 21.3. The van der Waals surface area contributed by atoms with Gasteiger partial charge in [0.25, 0.3) is 0 Å². The Kier molecular flexibility index (Phi) is 10.6. The van der Waals surface area contributed by atoms with E-state index < -0.39 is 5.79 Å². The lowest BCUT2D eigenvalue weighted by Crippen LogP contribution is -2.48. The monoisotopic (exact) mass is 286 g/mol. The predicted molar refractivity (Wildman–Crippen MR) is 87.7 cm³/mol. The molecule has 0 fully saturated rings. The first-order valence-electron chi connectivity index (χ1n) is 8.94. The van der Waals surface area contributed by atoms with Crippen LogP contribution < -0.4 is 0 Å². The van der Waals surface area contributed by atoms with E-state index in [1.165, 1.54) is 25.7 Å². The molecule has 0 aliphatic carbocycles. The zero-order valence-corrected chi connectivity index (χ0v) is 14.4. The molecular weight excluding hydrogens is 248 g/mol. The Morgan fingerprint density at radius 1 is 0.550 bits per heavy atom. The fraction of sp³-hybridized carbons (Fsp3) is 1.00. The molecule has 0 bridgehead atoms. The molecule has 0 aliphatic heterocycles. The number of hydrogen-bond donors (Lipinski definition) is 2. The van der Waals surface area contributed by atoms with Gasteiger partial charge < -0.3 is 10.2 Å². The van der Waals surface area contributed by atoms with Crippen LogP contribution in [0, 0.1) is 5.41 Å². The van der Waals surface area contributed by atoms with Gasteiger partial charge in [0.15, 0.2) is 5.79 Å². The minimum atomic E-state index is -1.49. The summed E-state index contributed by atoms with van der Waals surface area (Å²) < 4.78 is 0. The largest absolute Gasteiger partial charge is 0.365 e. The second-order valence-corrected chi connectivity index (χ2v) is 6.51. The minimum Gasteiger partial charge on any atom is -0.365 e. The van der Waals surface area contributed by atoms with Crippen molar-refractivity contribution in [1.29, 1.82) is 0 Å². The maximum absolute atomic E-state index is 10.6. The summed E-state index contributed by atoms with van der Waals surface area (Å²) >= 11 is 0. The quantitative estimate of drug-likeness (QED) is 0.351. The molecule has 20 heavy (non-hydrogen) atoms. The molecule has 0 spiro atoms. The van der Waals surface area contributed by atoms with Gasteiger partial charge in [0.1, 0.15) is 0 Å². The van der Waals surface area contributed by atoms with Crippen molar-refractivity contribution in [2.75, 3.05) is 0 Å². The van der Waals surface area contributed by atoms with Gasteiger partial charge in [0, 0.05) is 11.8 Å². The van der Waals surface area contributed by atoms with E-state index >= 15 is 0 Å². The maximum atomic E-state index is 10.6. The third kappa shape index (κ3) is 6.13. The highest BCUT2D eigenvalue weighted by Gasteiger charge is 2.46. The molecule has 0 saturated carbocycles. The fourth-order valence-electron chi connectivity index (χ4n) is 3.61. The van der Waals surface area contributed by atoms with Crippen LogP contribution >= 0.6 is 0 Å². The molecule has 2 heteroatoms. The third-order valence-electron chi connectivity index (χ3n) is 4.66. The van der Waals surface area contributed by atoms with Crippen LogP contribution in [-0.2, 0) is 0 Å². The molecule has 0 saturated heterocycles. The Bertz CT molecular complexity index is 217. The molecule has 0 aromatic rings. The number of hydrogen-bond acceptors (Lipinski definition) is 2. The molecule has 0 heterocycles. The first kappa shape index (κ1) is 19.9. The van der Waals surface area contributed by atoms with Gasteiger partial charge in [-0.25, -0.2) is 0 Å². The standard InChI is InChI=1S/C18H38O2/c1-5-9-10-11-12-16-17(13-6-2,14-7-3)18(19,20)15-8-4/h19-20H,5-16H2,1-4H3. The highest BCUT2D eigenvalue weighted by molar-refractivity contribution is 4.91. The molecule has 0 amide bonds. The third-order valence-corrected chi connectivity index (χ3v) is 4.66. The fourth-order valence-corrected chi connectivity index (χ4v) is 3.61. The van der Waals surface area contributed by atoms with Crippen molar-refractivity contribution >= 4 is 0 Å². The van der Waals surface area contributed by atoms with Crippen molar-refractivity contribution in [3.63, 3.8) is 0 Å². The summed E-state index contributed by atoms with van der Waals surface area (Å²) in [5.41, 5.74) is -0.293. The molecule has 0 aromatic heterocycles. The Hall–Kier alpha value is -0.0800. The lowest BCUT2D eigenvalue weighted by Gasteiger charge is -2.44. The lowest BCUT2D eigenvalue weighted by atomic mass is 9.67. The highest BCUT2D eigenvalue weighted by atomic mass is 16.5. The van der Waals surface area contributed by atoms with Gasteiger partial charge in [-0.15, -0.1) is 0 Å². The molecule has 0 rings (SSSR count). The molecule has 2 N–H and O–H groups in total. The van der Waals surface area contributed by atoms with Gasteiger partial charge in [-0.1, -0.05) is 79.1 Å². The van der Waals surface area contributed by atoms with Crippen LogP contribution in [0.5, 0.6) is 0 Å². The van der Waals surface area contributed by atoms with Crippen molar-refractivity contribution in [3.8, 4) is 0 Å². The Labute approximate surface area is 127 Å². The molecular formula is C18H38O2. The summed E-state index contributed by atoms with van der Waals surface area (Å²) in [6.45, 7) is 8.57. The van der Waals surface area contributed by atoms with Gasteiger partial charge in [0.05, 0.1) is 0 Å². The zero-order valence-electron chi connectivity index (χ0n) is 14.4. The number of aliphatic hydroxyl groups is 2. The summed E-state index contributed by atoms with van der Waals surface area (Å²) in [4.78, 5) is 0. The summed E-state index contributed by atoms with van der Waals surface area (Å²) in [6.07, 6.45) is 12.4. The Morgan fingerprint density at radius 3 is 1.50 bits per heavy atom. The van der Waals surface area contributed by atoms with Crippen molar-refractivity contribution in [2.24, 2.45) is 5.41 Å². The van der Waals surface area contributed by atoms with Crippen LogP contribution in [0.25, 0.3) is 0 Å². The molecule has 0 radical (unpaired) electrons. The van der Waals surface area contributed by atoms with Gasteiger partial charge in [0.2, 0.25) is 0 Å². The number of unbranched alkanes of at least 4 members (excludes halogenated alkanes) is 4. The van der Waals surface area contributed by atoms with Crippen LogP contribution in [0.4, 0.5) is 0 Å². The van der Waals surface area contributed by atoms with Gasteiger partial charge >= 0.3 is 0 Å². The first-order valence-corrected chi connectivity index (χ1v) is 8.94. The SMILES string of the molecule is CCCCCCCC(CCC)(CCC)C(O)(O)CCC. The molecule has 122 valence electrons. The average Bonchev–Trinajstić information content (AvgIpc) is 2.38. The van der Waals surface area contributed by atoms with Crippen LogP contribution in [-0.4, -0.2) is 16.0 Å². The van der Waals surface area contributed by atoms with Crippen molar-refractivity contribution in [3.05, 3.63) is 0 Å². The minimum absolute atomic E-state index is 0.293. The Morgan fingerprint density at radius 2 is 1.05 bits per heavy atom. The van der Waals surface area contributed by atoms with Crippen molar-refractivity contribution in [1.82, 2.24) is 0 Å². The van der Waals surface area contributed by atoms with Gasteiger partial charge in [-0.05, 0) is 19.3 Å². The summed E-state index contributed by atoms with van der Waals surface area (Å²) in [5.74, 6) is -1.49.